The van der Waals surface area contributed by atoms with Crippen LogP contribution in [0.3, 0.4) is 0 Å². The molecule has 0 spiro atoms. The van der Waals surface area contributed by atoms with E-state index >= 15 is 0 Å². The fourth-order valence-corrected chi connectivity index (χ4v) is 4.80. The number of benzene rings is 1. The second-order valence-corrected chi connectivity index (χ2v) is 8.55. The monoisotopic (exact) mass is 447 g/mol. The Balaban J connectivity index is 1.47. The summed E-state index contributed by atoms with van der Waals surface area (Å²) in [6.45, 7) is 7.20. The number of rotatable bonds is 8. The zero-order valence-electron chi connectivity index (χ0n) is 18.4. The third-order valence-electron chi connectivity index (χ3n) is 5.59. The van der Waals surface area contributed by atoms with Gasteiger partial charge in [0.25, 0.3) is 0 Å². The van der Waals surface area contributed by atoms with Crippen molar-refractivity contribution in [2.45, 2.75) is 45.4 Å². The molecule has 0 radical (unpaired) electrons. The highest BCUT2D eigenvalue weighted by molar-refractivity contribution is 7.99. The molecule has 32 heavy (non-hydrogen) atoms. The number of aromatic nitrogens is 3. The van der Waals surface area contributed by atoms with Crippen LogP contribution in [0.15, 0.2) is 52.2 Å². The summed E-state index contributed by atoms with van der Waals surface area (Å²) >= 11 is 1.57. The number of anilines is 1. The van der Waals surface area contributed by atoms with E-state index in [4.69, 9.17) is 9.40 Å². The quantitative estimate of drug-likeness (QED) is 0.379. The minimum atomic E-state index is -0.133. The smallest absolute Gasteiger partial charge is 0.226 e. The van der Waals surface area contributed by atoms with Gasteiger partial charge in [-0.1, -0.05) is 23.9 Å². The third kappa shape index (κ3) is 4.16. The summed E-state index contributed by atoms with van der Waals surface area (Å²) in [5.74, 6) is 1.74. The van der Waals surface area contributed by atoms with Gasteiger partial charge in [-0.05, 0) is 50.6 Å². The SMILES string of the molecule is CCn1c(SCCC(=O)Nc2c(C#N)c(C)c(C)n2Cc2ccco2)nc2ccccc21. The summed E-state index contributed by atoms with van der Waals surface area (Å²) in [5, 5.41) is 13.5. The number of aryl methyl sites for hydroxylation is 1. The Hall–Kier alpha value is -3.44. The van der Waals surface area contributed by atoms with Crippen LogP contribution in [0.2, 0.25) is 0 Å². The minimum Gasteiger partial charge on any atom is -0.467 e. The van der Waals surface area contributed by atoms with Crippen molar-refractivity contribution in [2.75, 3.05) is 11.1 Å². The molecule has 4 aromatic rings. The number of imidazole rings is 1. The van der Waals surface area contributed by atoms with Crippen LogP contribution in [0.1, 0.15) is 35.9 Å². The highest BCUT2D eigenvalue weighted by atomic mass is 32.2. The molecule has 0 saturated carbocycles. The number of nitrogens with one attached hydrogen (secondary N) is 1. The second kappa shape index (κ2) is 9.37. The van der Waals surface area contributed by atoms with E-state index in [9.17, 15) is 10.1 Å². The lowest BCUT2D eigenvalue weighted by atomic mass is 10.2. The molecule has 0 unspecified atom stereocenters. The predicted molar refractivity (Wildman–Crippen MR) is 126 cm³/mol. The molecule has 0 aliphatic rings. The number of hydrogen-bond donors (Lipinski definition) is 1. The molecule has 1 amide bonds. The summed E-state index contributed by atoms with van der Waals surface area (Å²) < 4.78 is 9.55. The zero-order chi connectivity index (χ0) is 22.7. The molecule has 4 rings (SSSR count). The van der Waals surface area contributed by atoms with Gasteiger partial charge in [-0.15, -0.1) is 0 Å². The first-order valence-corrected chi connectivity index (χ1v) is 11.5. The van der Waals surface area contributed by atoms with Crippen molar-refractivity contribution in [3.05, 3.63) is 65.2 Å². The molecular formula is C24H25N5O2S. The molecule has 0 atom stereocenters. The fourth-order valence-electron chi connectivity index (χ4n) is 3.79. The summed E-state index contributed by atoms with van der Waals surface area (Å²) in [5.41, 5.74) is 4.34. The highest BCUT2D eigenvalue weighted by Gasteiger charge is 2.20. The fraction of sp³-hybridized carbons (Fsp3) is 0.292. The summed E-state index contributed by atoms with van der Waals surface area (Å²) in [6.07, 6.45) is 1.93. The van der Waals surface area contributed by atoms with Crippen LogP contribution in [0, 0.1) is 25.2 Å². The number of nitrogens with zero attached hydrogens (tertiary/aromatic N) is 4. The number of nitriles is 1. The molecule has 0 aliphatic heterocycles. The van der Waals surface area contributed by atoms with Crippen LogP contribution in [0.5, 0.6) is 0 Å². The lowest BCUT2D eigenvalue weighted by Gasteiger charge is -2.12. The lowest BCUT2D eigenvalue weighted by molar-refractivity contribution is -0.115. The first kappa shape index (κ1) is 21.8. The number of carbonyl (C=O) groups excluding carboxylic acids is 1. The van der Waals surface area contributed by atoms with Crippen molar-refractivity contribution >= 4 is 34.5 Å². The highest BCUT2D eigenvalue weighted by Crippen LogP contribution is 2.28. The average molecular weight is 448 g/mol. The van der Waals surface area contributed by atoms with Crippen molar-refractivity contribution in [1.82, 2.24) is 14.1 Å². The normalized spacial score (nSPS) is 11.1. The third-order valence-corrected chi connectivity index (χ3v) is 6.57. The van der Waals surface area contributed by atoms with Crippen molar-refractivity contribution in [1.29, 1.82) is 5.26 Å². The second-order valence-electron chi connectivity index (χ2n) is 7.49. The van der Waals surface area contributed by atoms with Crippen LogP contribution in [-0.4, -0.2) is 25.8 Å². The van der Waals surface area contributed by atoms with Gasteiger partial charge in [-0.25, -0.2) is 4.98 Å². The number of amides is 1. The van der Waals surface area contributed by atoms with Gasteiger partial charge in [0, 0.05) is 24.4 Å². The van der Waals surface area contributed by atoms with Gasteiger partial charge in [0.2, 0.25) is 5.91 Å². The maximum absolute atomic E-state index is 12.8. The summed E-state index contributed by atoms with van der Waals surface area (Å²) in [7, 11) is 0. The van der Waals surface area contributed by atoms with E-state index in [1.807, 2.05) is 48.7 Å². The number of furan rings is 1. The zero-order valence-corrected chi connectivity index (χ0v) is 19.2. The standard InChI is InChI=1S/C24H25N5O2S/c1-4-28-21-10-6-5-9-20(21)26-24(28)32-13-11-22(30)27-23-19(14-25)16(2)17(3)29(23)15-18-8-7-12-31-18/h5-10,12H,4,11,13,15H2,1-3H3,(H,27,30). The number of thioether (sulfide) groups is 1. The largest absolute Gasteiger partial charge is 0.467 e. The van der Waals surface area contributed by atoms with Crippen LogP contribution in [0.25, 0.3) is 11.0 Å². The van der Waals surface area contributed by atoms with E-state index in [0.717, 1.165) is 39.8 Å². The predicted octanol–water partition coefficient (Wildman–Crippen LogP) is 5.11. The van der Waals surface area contributed by atoms with E-state index in [1.165, 1.54) is 0 Å². The Bertz CT molecular complexity index is 1290. The Labute approximate surface area is 191 Å². The van der Waals surface area contributed by atoms with Gasteiger partial charge >= 0.3 is 0 Å². The van der Waals surface area contributed by atoms with Crippen molar-refractivity contribution < 1.29 is 9.21 Å². The molecule has 1 N–H and O–H groups in total. The summed E-state index contributed by atoms with van der Waals surface area (Å²) in [6, 6.07) is 14.0. The average Bonchev–Trinajstić information content (AvgIpc) is 3.48. The van der Waals surface area contributed by atoms with E-state index < -0.39 is 0 Å². The molecule has 1 aromatic carbocycles. The van der Waals surface area contributed by atoms with E-state index in [0.29, 0.717) is 30.1 Å². The molecule has 0 aliphatic carbocycles. The van der Waals surface area contributed by atoms with Crippen molar-refractivity contribution in [2.24, 2.45) is 0 Å². The maximum atomic E-state index is 12.8. The van der Waals surface area contributed by atoms with Crippen molar-refractivity contribution in [3.8, 4) is 6.07 Å². The minimum absolute atomic E-state index is 0.133. The molecule has 3 aromatic heterocycles. The van der Waals surface area contributed by atoms with Gasteiger partial charge in [0.15, 0.2) is 5.16 Å². The van der Waals surface area contributed by atoms with Crippen LogP contribution in [0.4, 0.5) is 5.82 Å². The molecule has 0 fully saturated rings. The summed E-state index contributed by atoms with van der Waals surface area (Å²) in [4.78, 5) is 17.5. The van der Waals surface area contributed by atoms with Crippen LogP contribution >= 0.6 is 11.8 Å². The number of fused-ring (bicyclic) bond motifs is 1. The van der Waals surface area contributed by atoms with Gasteiger partial charge in [0.1, 0.15) is 17.6 Å². The number of hydrogen-bond acceptors (Lipinski definition) is 5. The Kier molecular flexibility index (Phi) is 6.37. The topological polar surface area (TPSA) is 88.8 Å². The Morgan fingerprint density at radius 3 is 2.75 bits per heavy atom. The number of para-hydroxylation sites is 2. The molecule has 164 valence electrons. The van der Waals surface area contributed by atoms with E-state index in [1.54, 1.807) is 18.0 Å². The van der Waals surface area contributed by atoms with E-state index in [-0.39, 0.29) is 5.91 Å². The van der Waals surface area contributed by atoms with Gasteiger partial charge in [-0.3, -0.25) is 4.79 Å². The molecule has 3 heterocycles. The van der Waals surface area contributed by atoms with Crippen LogP contribution in [-0.2, 0) is 17.9 Å². The van der Waals surface area contributed by atoms with Gasteiger partial charge in [-0.2, -0.15) is 5.26 Å². The lowest BCUT2D eigenvalue weighted by Crippen LogP contribution is -2.17. The molecule has 0 bridgehead atoms. The molecular weight excluding hydrogens is 422 g/mol. The first-order valence-electron chi connectivity index (χ1n) is 10.5. The number of carbonyl (C=O) groups is 1. The van der Waals surface area contributed by atoms with Crippen LogP contribution < -0.4 is 5.32 Å². The maximum Gasteiger partial charge on any atom is 0.226 e. The Morgan fingerprint density at radius 2 is 2.03 bits per heavy atom. The Morgan fingerprint density at radius 1 is 1.22 bits per heavy atom. The molecule has 7 nitrogen and oxygen atoms in total. The first-order chi connectivity index (χ1) is 15.5. The molecule has 0 saturated heterocycles. The van der Waals surface area contributed by atoms with Gasteiger partial charge < -0.3 is 18.9 Å². The van der Waals surface area contributed by atoms with Crippen molar-refractivity contribution in [3.63, 3.8) is 0 Å². The van der Waals surface area contributed by atoms with E-state index in [2.05, 4.69) is 28.9 Å². The van der Waals surface area contributed by atoms with Gasteiger partial charge in [0.05, 0.1) is 29.4 Å². The molecule has 8 heteroatoms.